The zero-order valence-corrected chi connectivity index (χ0v) is 17.7. The number of amides is 2. The Kier molecular flexibility index (Phi) is 6.03. The van der Waals surface area contributed by atoms with Crippen LogP contribution in [0.4, 0.5) is 0 Å². The van der Waals surface area contributed by atoms with Crippen LogP contribution >= 0.6 is 11.6 Å². The standard InChI is InChI=1S/C19H26ClN3O4S/c1-19(18(25)21-16-5-3-4-6-16)13-22(28(2,26)27)12-17(24)23(19)11-14-7-9-15(20)10-8-14/h7-10,16H,3-6,11-13H2,1-2H3,(H,21,25)/t19-/m0/s1. The molecule has 2 fully saturated rings. The highest BCUT2D eigenvalue weighted by Crippen LogP contribution is 2.28. The predicted molar refractivity (Wildman–Crippen MR) is 107 cm³/mol. The van der Waals surface area contributed by atoms with Gasteiger partial charge in [-0.05, 0) is 37.5 Å². The van der Waals surface area contributed by atoms with Crippen molar-refractivity contribution in [3.05, 3.63) is 34.9 Å². The SMILES string of the molecule is C[C@@]1(C(=O)NC2CCCC2)CN(S(C)(=O)=O)CC(=O)N1Cc1ccc(Cl)cc1. The second-order valence-corrected chi connectivity index (χ2v) is 10.3. The van der Waals surface area contributed by atoms with Crippen molar-refractivity contribution in [2.45, 2.75) is 50.7 Å². The molecule has 0 radical (unpaired) electrons. The van der Waals surface area contributed by atoms with E-state index in [1.54, 1.807) is 31.2 Å². The highest BCUT2D eigenvalue weighted by molar-refractivity contribution is 7.88. The molecule has 9 heteroatoms. The van der Waals surface area contributed by atoms with E-state index in [4.69, 9.17) is 11.6 Å². The summed E-state index contributed by atoms with van der Waals surface area (Å²) < 4.78 is 25.3. The normalized spacial score (nSPS) is 24.5. The summed E-state index contributed by atoms with van der Waals surface area (Å²) in [4.78, 5) is 27.6. The van der Waals surface area contributed by atoms with Gasteiger partial charge in [0.25, 0.3) is 0 Å². The van der Waals surface area contributed by atoms with E-state index in [2.05, 4.69) is 5.32 Å². The van der Waals surface area contributed by atoms with Crippen LogP contribution in [-0.2, 0) is 26.2 Å². The predicted octanol–water partition coefficient (Wildman–Crippen LogP) is 1.76. The molecule has 1 heterocycles. The summed E-state index contributed by atoms with van der Waals surface area (Å²) in [5.41, 5.74) is -0.467. The van der Waals surface area contributed by atoms with Gasteiger partial charge in [-0.1, -0.05) is 36.6 Å². The molecule has 3 rings (SSSR count). The van der Waals surface area contributed by atoms with Gasteiger partial charge < -0.3 is 10.2 Å². The van der Waals surface area contributed by atoms with E-state index in [1.807, 2.05) is 0 Å². The van der Waals surface area contributed by atoms with Gasteiger partial charge in [0.1, 0.15) is 5.54 Å². The molecule has 0 unspecified atom stereocenters. The fourth-order valence-corrected chi connectivity index (χ4v) is 4.83. The van der Waals surface area contributed by atoms with E-state index >= 15 is 0 Å². The molecule has 1 saturated heterocycles. The summed E-state index contributed by atoms with van der Waals surface area (Å²) >= 11 is 5.94. The summed E-state index contributed by atoms with van der Waals surface area (Å²) in [6.07, 6.45) is 4.99. The third-order valence-corrected chi connectivity index (χ3v) is 7.04. The minimum Gasteiger partial charge on any atom is -0.351 e. The number of nitrogens with zero attached hydrogens (tertiary/aromatic N) is 2. The number of rotatable bonds is 5. The first-order valence-electron chi connectivity index (χ1n) is 9.40. The Hall–Kier alpha value is -1.64. The minimum absolute atomic E-state index is 0.0658. The number of hydrogen-bond acceptors (Lipinski definition) is 4. The molecule has 2 aliphatic rings. The number of nitrogens with one attached hydrogen (secondary N) is 1. The van der Waals surface area contributed by atoms with E-state index in [9.17, 15) is 18.0 Å². The van der Waals surface area contributed by atoms with E-state index in [1.165, 1.54) is 4.90 Å². The molecule has 1 aliphatic carbocycles. The molecular weight excluding hydrogens is 402 g/mol. The van der Waals surface area contributed by atoms with Crippen LogP contribution in [0.2, 0.25) is 5.02 Å². The summed E-state index contributed by atoms with van der Waals surface area (Å²) in [5.74, 6) is -0.703. The molecule has 2 amide bonds. The van der Waals surface area contributed by atoms with Crippen molar-refractivity contribution in [2.24, 2.45) is 0 Å². The highest BCUT2D eigenvalue weighted by atomic mass is 35.5. The Bertz CT molecular complexity index is 852. The molecule has 1 atom stereocenters. The smallest absolute Gasteiger partial charge is 0.247 e. The zero-order chi connectivity index (χ0) is 20.5. The summed E-state index contributed by atoms with van der Waals surface area (Å²) in [7, 11) is -3.60. The largest absolute Gasteiger partial charge is 0.351 e. The number of carbonyl (C=O) groups is 2. The third kappa shape index (κ3) is 4.50. The highest BCUT2D eigenvalue weighted by Gasteiger charge is 2.49. The van der Waals surface area contributed by atoms with Crippen molar-refractivity contribution < 1.29 is 18.0 Å². The fourth-order valence-electron chi connectivity index (χ4n) is 3.87. The molecule has 28 heavy (non-hydrogen) atoms. The van der Waals surface area contributed by atoms with Crippen LogP contribution in [0.1, 0.15) is 38.2 Å². The topological polar surface area (TPSA) is 86.8 Å². The van der Waals surface area contributed by atoms with Crippen LogP contribution in [0, 0.1) is 0 Å². The number of benzene rings is 1. The number of sulfonamides is 1. The van der Waals surface area contributed by atoms with Crippen LogP contribution in [0.25, 0.3) is 0 Å². The minimum atomic E-state index is -3.60. The lowest BCUT2D eigenvalue weighted by molar-refractivity contribution is -0.154. The molecule has 1 aromatic rings. The van der Waals surface area contributed by atoms with Crippen LogP contribution in [0.5, 0.6) is 0 Å². The first kappa shape index (κ1) is 21.1. The maximum atomic E-state index is 13.2. The second kappa shape index (κ2) is 8.00. The van der Waals surface area contributed by atoms with Crippen molar-refractivity contribution in [1.82, 2.24) is 14.5 Å². The van der Waals surface area contributed by atoms with Crippen molar-refractivity contribution in [3.8, 4) is 0 Å². The van der Waals surface area contributed by atoms with Crippen LogP contribution in [0.15, 0.2) is 24.3 Å². The monoisotopic (exact) mass is 427 g/mol. The lowest BCUT2D eigenvalue weighted by Crippen LogP contribution is -2.69. The van der Waals surface area contributed by atoms with Gasteiger partial charge in [-0.2, -0.15) is 4.31 Å². The quantitative estimate of drug-likeness (QED) is 0.775. The zero-order valence-electron chi connectivity index (χ0n) is 16.2. The Balaban J connectivity index is 1.90. The lowest BCUT2D eigenvalue weighted by atomic mass is 9.94. The lowest BCUT2D eigenvalue weighted by Gasteiger charge is -2.47. The van der Waals surface area contributed by atoms with Crippen LogP contribution < -0.4 is 5.32 Å². The fraction of sp³-hybridized carbons (Fsp3) is 0.579. The van der Waals surface area contributed by atoms with Gasteiger partial charge in [-0.15, -0.1) is 0 Å². The van der Waals surface area contributed by atoms with Gasteiger partial charge in [0.05, 0.1) is 12.8 Å². The van der Waals surface area contributed by atoms with Crippen molar-refractivity contribution in [1.29, 1.82) is 0 Å². The molecule has 0 aromatic heterocycles. The number of piperazine rings is 1. The summed E-state index contributed by atoms with van der Waals surface area (Å²) in [5, 5.41) is 3.61. The molecular formula is C19H26ClN3O4S. The van der Waals surface area contributed by atoms with E-state index in [0.29, 0.717) is 5.02 Å². The molecule has 0 spiro atoms. The molecule has 0 bridgehead atoms. The van der Waals surface area contributed by atoms with E-state index < -0.39 is 21.5 Å². The van der Waals surface area contributed by atoms with Gasteiger partial charge in [-0.3, -0.25) is 9.59 Å². The maximum absolute atomic E-state index is 13.2. The second-order valence-electron chi connectivity index (χ2n) is 7.87. The first-order valence-corrected chi connectivity index (χ1v) is 11.6. The van der Waals surface area contributed by atoms with Gasteiger partial charge in [0, 0.05) is 24.2 Å². The maximum Gasteiger partial charge on any atom is 0.247 e. The Morgan fingerprint density at radius 2 is 1.86 bits per heavy atom. The average molecular weight is 428 g/mol. The first-order chi connectivity index (χ1) is 13.1. The number of hydrogen-bond donors (Lipinski definition) is 1. The van der Waals surface area contributed by atoms with Gasteiger partial charge >= 0.3 is 0 Å². The molecule has 1 saturated carbocycles. The van der Waals surface area contributed by atoms with E-state index in [0.717, 1.165) is 41.8 Å². The Morgan fingerprint density at radius 1 is 1.25 bits per heavy atom. The van der Waals surface area contributed by atoms with Gasteiger partial charge in [-0.25, -0.2) is 8.42 Å². The number of halogens is 1. The van der Waals surface area contributed by atoms with E-state index in [-0.39, 0.29) is 31.6 Å². The van der Waals surface area contributed by atoms with Gasteiger partial charge in [0.2, 0.25) is 21.8 Å². The molecule has 1 aromatic carbocycles. The Labute approximate surface area is 171 Å². The molecule has 7 nitrogen and oxygen atoms in total. The molecule has 1 N–H and O–H groups in total. The number of carbonyl (C=O) groups excluding carboxylic acids is 2. The van der Waals surface area contributed by atoms with Crippen molar-refractivity contribution in [2.75, 3.05) is 19.3 Å². The third-order valence-electron chi connectivity index (χ3n) is 5.60. The van der Waals surface area contributed by atoms with Crippen molar-refractivity contribution >= 4 is 33.4 Å². The molecule has 1 aliphatic heterocycles. The summed E-state index contributed by atoms with van der Waals surface area (Å²) in [6.45, 7) is 1.52. The van der Waals surface area contributed by atoms with Gasteiger partial charge in [0.15, 0.2) is 0 Å². The van der Waals surface area contributed by atoms with Crippen molar-refractivity contribution in [3.63, 3.8) is 0 Å². The summed E-state index contributed by atoms with van der Waals surface area (Å²) in [6, 6.07) is 7.13. The van der Waals surface area contributed by atoms with Crippen LogP contribution in [0.3, 0.4) is 0 Å². The molecule has 154 valence electrons. The van der Waals surface area contributed by atoms with Crippen LogP contribution in [-0.4, -0.2) is 60.4 Å². The Morgan fingerprint density at radius 3 is 2.43 bits per heavy atom. The average Bonchev–Trinajstić information content (AvgIpc) is 3.11.